The number of alkyl halides is 3. The Labute approximate surface area is 172 Å². The van der Waals surface area contributed by atoms with E-state index in [0.717, 1.165) is 6.21 Å². The first kappa shape index (κ1) is 22.7. The van der Waals surface area contributed by atoms with Crippen LogP contribution in [0.3, 0.4) is 0 Å². The Kier molecular flexibility index (Phi) is 7.04. The van der Waals surface area contributed by atoms with Crippen molar-refractivity contribution in [3.8, 4) is 0 Å². The van der Waals surface area contributed by atoms with Crippen LogP contribution in [-0.4, -0.2) is 31.5 Å². The van der Waals surface area contributed by atoms with Crippen LogP contribution in [0.5, 0.6) is 0 Å². The van der Waals surface area contributed by atoms with Gasteiger partial charge in [0.25, 0.3) is 0 Å². The molecule has 0 aromatic heterocycles. The molecule has 0 saturated heterocycles. The monoisotopic (exact) mass is 419 g/mol. The Morgan fingerprint density at radius 1 is 1.27 bits per heavy atom. The molecule has 0 aliphatic carbocycles. The molecule has 0 atom stereocenters. The van der Waals surface area contributed by atoms with Gasteiger partial charge in [0.05, 0.1) is 11.4 Å². The lowest BCUT2D eigenvalue weighted by Crippen LogP contribution is -2.35. The molecular weight excluding hydrogens is 395 g/mol. The third-order valence-electron chi connectivity index (χ3n) is 4.24. The van der Waals surface area contributed by atoms with E-state index >= 15 is 0 Å². The van der Waals surface area contributed by atoms with Crippen LogP contribution in [0, 0.1) is 16.7 Å². The fourth-order valence-corrected chi connectivity index (χ4v) is 2.64. The molecule has 0 saturated carbocycles. The van der Waals surface area contributed by atoms with Crippen molar-refractivity contribution in [3.05, 3.63) is 70.1 Å². The number of nitrogens with one attached hydrogen (secondary N) is 5. The van der Waals surface area contributed by atoms with E-state index < -0.39 is 11.9 Å². The molecule has 0 spiro atoms. The van der Waals surface area contributed by atoms with Crippen LogP contribution in [0.2, 0.25) is 0 Å². The predicted octanol–water partition coefficient (Wildman–Crippen LogP) is 2.96. The largest absolute Gasteiger partial charge is 0.431 e. The molecule has 7 nitrogen and oxygen atoms in total. The number of nitrogens with two attached hydrogens (primary N) is 1. The van der Waals surface area contributed by atoms with Gasteiger partial charge >= 0.3 is 6.18 Å². The number of amidine groups is 1. The summed E-state index contributed by atoms with van der Waals surface area (Å²) in [5, 5.41) is 24.3. The van der Waals surface area contributed by atoms with E-state index in [1.54, 1.807) is 18.2 Å². The van der Waals surface area contributed by atoms with E-state index in [1.165, 1.54) is 25.5 Å². The summed E-state index contributed by atoms with van der Waals surface area (Å²) in [4.78, 5) is 3.68. The van der Waals surface area contributed by atoms with Crippen molar-refractivity contribution in [3.63, 3.8) is 0 Å². The van der Waals surface area contributed by atoms with Gasteiger partial charge in [0.15, 0.2) is 0 Å². The number of halogens is 3. The van der Waals surface area contributed by atoms with Gasteiger partial charge in [-0.15, -0.1) is 0 Å². The van der Waals surface area contributed by atoms with Crippen LogP contribution in [0.4, 0.5) is 13.2 Å². The van der Waals surface area contributed by atoms with E-state index in [2.05, 4.69) is 20.9 Å². The number of hydrogen-bond acceptors (Lipinski definition) is 6. The number of aliphatic imine (C=N–C) groups is 1. The van der Waals surface area contributed by atoms with Crippen molar-refractivity contribution >= 4 is 18.3 Å². The van der Waals surface area contributed by atoms with Crippen molar-refractivity contribution in [2.75, 3.05) is 7.05 Å². The second-order valence-corrected chi connectivity index (χ2v) is 6.78. The zero-order valence-electron chi connectivity index (χ0n) is 16.8. The first-order chi connectivity index (χ1) is 14.1. The van der Waals surface area contributed by atoms with Gasteiger partial charge in [0.1, 0.15) is 17.4 Å². The van der Waals surface area contributed by atoms with Crippen molar-refractivity contribution in [1.82, 2.24) is 16.0 Å². The lowest BCUT2D eigenvalue weighted by molar-refractivity contribution is -0.0930. The second kappa shape index (κ2) is 9.29. The first-order valence-electron chi connectivity index (χ1n) is 9.01. The molecule has 2 aliphatic rings. The summed E-state index contributed by atoms with van der Waals surface area (Å²) in [6, 6.07) is 0. The van der Waals surface area contributed by atoms with Gasteiger partial charge in [-0.3, -0.25) is 10.4 Å². The molecule has 2 heterocycles. The Morgan fingerprint density at radius 3 is 2.53 bits per heavy atom. The lowest BCUT2D eigenvalue weighted by atomic mass is 10.0. The molecule has 0 radical (unpaired) electrons. The minimum atomic E-state index is -4.69. The summed E-state index contributed by atoms with van der Waals surface area (Å²) in [6.07, 6.45) is 5.45. The third-order valence-corrected chi connectivity index (χ3v) is 4.24. The highest BCUT2D eigenvalue weighted by atomic mass is 19.4. The molecule has 0 unspecified atom stereocenters. The maximum Gasteiger partial charge on any atom is 0.431 e. The van der Waals surface area contributed by atoms with E-state index in [4.69, 9.17) is 16.6 Å². The fraction of sp³-hybridized carbons (Fsp3) is 0.250. The summed E-state index contributed by atoms with van der Waals surface area (Å²) < 4.78 is 39.3. The lowest BCUT2D eigenvalue weighted by Gasteiger charge is -2.25. The zero-order valence-corrected chi connectivity index (χ0v) is 16.8. The highest BCUT2D eigenvalue weighted by Crippen LogP contribution is 2.29. The Balaban J connectivity index is 2.26. The number of allylic oxidation sites excluding steroid dienone is 7. The van der Waals surface area contributed by atoms with Gasteiger partial charge in [-0.05, 0) is 35.8 Å². The average molecular weight is 419 g/mol. The summed E-state index contributed by atoms with van der Waals surface area (Å²) >= 11 is 0. The van der Waals surface area contributed by atoms with E-state index in [-0.39, 0.29) is 22.9 Å². The van der Waals surface area contributed by atoms with Crippen molar-refractivity contribution in [1.29, 1.82) is 10.8 Å². The molecule has 2 rings (SSSR count). The smallest absolute Gasteiger partial charge is 0.394 e. The van der Waals surface area contributed by atoms with Crippen molar-refractivity contribution in [2.24, 2.45) is 16.6 Å². The van der Waals surface area contributed by atoms with Crippen LogP contribution >= 0.6 is 0 Å². The molecule has 160 valence electrons. The second-order valence-electron chi connectivity index (χ2n) is 6.78. The van der Waals surface area contributed by atoms with Gasteiger partial charge in [-0.2, -0.15) is 13.2 Å². The van der Waals surface area contributed by atoms with Crippen LogP contribution in [0.15, 0.2) is 75.1 Å². The predicted molar refractivity (Wildman–Crippen MR) is 113 cm³/mol. The van der Waals surface area contributed by atoms with E-state index in [9.17, 15) is 13.2 Å². The van der Waals surface area contributed by atoms with Gasteiger partial charge < -0.3 is 27.1 Å². The molecule has 0 fully saturated rings. The maximum absolute atomic E-state index is 13.1. The standard InChI is InChI=1S/C20H24F3N7/c1-11(2)12(8-24)7-17(25)30-18-5-4-15-16(29-18)6-13(9-28-15)14(10-27-3)19(26)20(21,22)23/h4-11,24,28-29H,26H2,1-3H3,(H2,25,30). The molecule has 0 aromatic rings. The maximum atomic E-state index is 13.1. The quantitative estimate of drug-likeness (QED) is 0.293. The molecular formula is C20H24F3N7. The van der Waals surface area contributed by atoms with Crippen molar-refractivity contribution < 1.29 is 13.2 Å². The summed E-state index contributed by atoms with van der Waals surface area (Å²) in [5.74, 6) is 0.616. The minimum Gasteiger partial charge on any atom is -0.394 e. The SMILES string of the molecule is CN=CC(C1=CNC2=CC=C(NC(=N)C=C(C=N)C(C)C)NC2=C1)=C(N)C(F)(F)F. The van der Waals surface area contributed by atoms with Crippen LogP contribution in [0.1, 0.15) is 13.8 Å². The van der Waals surface area contributed by atoms with Gasteiger partial charge in [0, 0.05) is 36.8 Å². The molecule has 0 aromatic carbocycles. The number of hydrogen-bond donors (Lipinski definition) is 6. The molecule has 0 amide bonds. The molecule has 0 bridgehead atoms. The summed E-state index contributed by atoms with van der Waals surface area (Å²) in [6.45, 7) is 3.84. The zero-order chi connectivity index (χ0) is 22.5. The molecule has 30 heavy (non-hydrogen) atoms. The van der Waals surface area contributed by atoms with Crippen LogP contribution < -0.4 is 21.7 Å². The highest BCUT2D eigenvalue weighted by molar-refractivity contribution is 5.97. The number of fused-ring (bicyclic) bond motifs is 1. The number of nitrogens with zero attached hydrogens (tertiary/aromatic N) is 1. The topological polar surface area (TPSA) is 122 Å². The van der Waals surface area contributed by atoms with Gasteiger partial charge in [-0.1, -0.05) is 13.8 Å². The third kappa shape index (κ3) is 5.49. The van der Waals surface area contributed by atoms with Crippen molar-refractivity contribution in [2.45, 2.75) is 20.0 Å². The van der Waals surface area contributed by atoms with E-state index in [0.29, 0.717) is 22.8 Å². The Bertz CT molecular complexity index is 942. The normalized spacial score (nSPS) is 17.6. The van der Waals surface area contributed by atoms with Crippen LogP contribution in [-0.2, 0) is 0 Å². The number of rotatable bonds is 6. The van der Waals surface area contributed by atoms with E-state index in [1.807, 2.05) is 13.8 Å². The average Bonchev–Trinajstić information content (AvgIpc) is 2.68. The highest BCUT2D eigenvalue weighted by Gasteiger charge is 2.35. The van der Waals surface area contributed by atoms with Gasteiger partial charge in [0.2, 0.25) is 0 Å². The number of dihydropyridines is 2. The molecule has 2 aliphatic heterocycles. The molecule has 10 heteroatoms. The fourth-order valence-electron chi connectivity index (χ4n) is 2.64. The van der Waals surface area contributed by atoms with Crippen LogP contribution in [0.25, 0.3) is 0 Å². The van der Waals surface area contributed by atoms with Gasteiger partial charge in [-0.25, -0.2) is 0 Å². The Hall–Kier alpha value is -3.56. The summed E-state index contributed by atoms with van der Waals surface area (Å²) in [5.41, 5.74) is 5.85. The first-order valence-corrected chi connectivity index (χ1v) is 9.01. The summed E-state index contributed by atoms with van der Waals surface area (Å²) in [7, 11) is 1.36. The minimum absolute atomic E-state index is 0.0675. The molecule has 7 N–H and O–H groups in total. The Morgan fingerprint density at radius 2 is 1.97 bits per heavy atom.